The molecule has 1 unspecified atom stereocenters. The molecule has 1 spiro atoms. The zero-order valence-electron chi connectivity index (χ0n) is 13.3. The van der Waals surface area contributed by atoms with Gasteiger partial charge in [-0.25, -0.2) is 4.98 Å². The predicted molar refractivity (Wildman–Crippen MR) is 91.9 cm³/mol. The van der Waals surface area contributed by atoms with Crippen LogP contribution in [0.3, 0.4) is 0 Å². The van der Waals surface area contributed by atoms with Crippen LogP contribution in [0.4, 0.5) is 0 Å². The summed E-state index contributed by atoms with van der Waals surface area (Å²) in [5.74, 6) is 0.735. The molecule has 23 heavy (non-hydrogen) atoms. The lowest BCUT2D eigenvalue weighted by Crippen LogP contribution is -2.65. The van der Waals surface area contributed by atoms with Crippen LogP contribution < -0.4 is 5.32 Å². The van der Waals surface area contributed by atoms with Crippen LogP contribution in [-0.2, 0) is 0 Å². The monoisotopic (exact) mass is 327 g/mol. The van der Waals surface area contributed by atoms with E-state index in [1.54, 1.807) is 11.3 Å². The number of carbonyl (C=O) groups excluding carboxylic acids is 1. The first kappa shape index (κ1) is 13.9. The third kappa shape index (κ3) is 2.06. The van der Waals surface area contributed by atoms with Gasteiger partial charge < -0.3 is 5.32 Å². The quantitative estimate of drug-likeness (QED) is 0.922. The number of hydrogen-bond donors (Lipinski definition) is 1. The second kappa shape index (κ2) is 4.77. The number of carbonyl (C=O) groups is 1. The second-order valence-electron chi connectivity index (χ2n) is 7.29. The van der Waals surface area contributed by atoms with Gasteiger partial charge in [0.15, 0.2) is 0 Å². The summed E-state index contributed by atoms with van der Waals surface area (Å²) in [5, 5.41) is 4.43. The minimum Gasteiger partial charge on any atom is -0.347 e. The molecular weight excluding hydrogens is 306 g/mol. The first-order chi connectivity index (χ1) is 11.2. The normalized spacial score (nSPS) is 30.7. The van der Waals surface area contributed by atoms with Gasteiger partial charge in [0, 0.05) is 11.1 Å². The van der Waals surface area contributed by atoms with E-state index in [1.165, 1.54) is 38.8 Å². The van der Waals surface area contributed by atoms with Gasteiger partial charge in [0.25, 0.3) is 5.91 Å². The van der Waals surface area contributed by atoms with Gasteiger partial charge in [0.1, 0.15) is 0 Å². The molecule has 0 radical (unpaired) electrons. The number of thiazole rings is 1. The van der Waals surface area contributed by atoms with Crippen molar-refractivity contribution in [2.45, 2.75) is 44.2 Å². The number of hydrogen-bond acceptors (Lipinski definition) is 4. The van der Waals surface area contributed by atoms with E-state index in [4.69, 9.17) is 0 Å². The average Bonchev–Trinajstić information content (AvgIpc) is 3.24. The van der Waals surface area contributed by atoms with Crippen molar-refractivity contribution in [1.29, 1.82) is 0 Å². The Bertz CT molecular complexity index is 787. The van der Waals surface area contributed by atoms with Crippen LogP contribution in [0.15, 0.2) is 18.2 Å². The molecule has 4 nitrogen and oxygen atoms in total. The molecule has 2 aromatic rings. The smallest absolute Gasteiger partial charge is 0.251 e. The van der Waals surface area contributed by atoms with Crippen LogP contribution in [0.1, 0.15) is 41.0 Å². The Balaban J connectivity index is 1.42. The molecule has 2 bridgehead atoms. The molecule has 1 saturated carbocycles. The van der Waals surface area contributed by atoms with E-state index in [0.29, 0.717) is 12.0 Å². The number of nitrogens with one attached hydrogen (secondary N) is 1. The summed E-state index contributed by atoms with van der Waals surface area (Å²) < 4.78 is 1.15. The zero-order chi connectivity index (χ0) is 15.6. The highest BCUT2D eigenvalue weighted by Crippen LogP contribution is 2.53. The van der Waals surface area contributed by atoms with Gasteiger partial charge in [-0.1, -0.05) is 0 Å². The molecule has 4 aliphatic rings. The Kier molecular flexibility index (Phi) is 2.89. The lowest BCUT2D eigenvalue weighted by molar-refractivity contribution is -0.00144. The van der Waals surface area contributed by atoms with Gasteiger partial charge >= 0.3 is 0 Å². The molecule has 1 amide bonds. The summed E-state index contributed by atoms with van der Waals surface area (Å²) in [7, 11) is 0. The number of aromatic nitrogens is 1. The van der Waals surface area contributed by atoms with Gasteiger partial charge in [-0.3, -0.25) is 9.69 Å². The van der Waals surface area contributed by atoms with Gasteiger partial charge in [-0.05, 0) is 69.8 Å². The third-order valence-electron chi connectivity index (χ3n) is 6.03. The Labute approximate surface area is 139 Å². The molecule has 1 atom stereocenters. The van der Waals surface area contributed by atoms with E-state index >= 15 is 0 Å². The minimum absolute atomic E-state index is 0.0718. The topological polar surface area (TPSA) is 45.2 Å². The summed E-state index contributed by atoms with van der Waals surface area (Å²) >= 11 is 1.68. The highest BCUT2D eigenvalue weighted by molar-refractivity contribution is 7.18. The summed E-state index contributed by atoms with van der Waals surface area (Å²) in [6.45, 7) is 4.46. The van der Waals surface area contributed by atoms with E-state index in [-0.39, 0.29) is 11.4 Å². The molecule has 4 fully saturated rings. The summed E-state index contributed by atoms with van der Waals surface area (Å²) in [4.78, 5) is 19.9. The molecule has 1 aromatic carbocycles. The molecule has 6 rings (SSSR count). The van der Waals surface area contributed by atoms with Crippen molar-refractivity contribution in [2.24, 2.45) is 5.92 Å². The lowest BCUT2D eigenvalue weighted by atomic mass is 9.77. The molecule has 1 aliphatic carbocycles. The summed E-state index contributed by atoms with van der Waals surface area (Å²) in [5.41, 5.74) is 1.98. The molecule has 4 heterocycles. The van der Waals surface area contributed by atoms with Crippen LogP contribution in [0.5, 0.6) is 0 Å². The Morgan fingerprint density at radius 2 is 2.13 bits per heavy atom. The molecule has 3 aliphatic heterocycles. The van der Waals surface area contributed by atoms with Crippen molar-refractivity contribution in [2.75, 3.05) is 13.1 Å². The molecule has 1 N–H and O–H groups in total. The van der Waals surface area contributed by atoms with Crippen molar-refractivity contribution >= 4 is 27.5 Å². The first-order valence-corrected chi connectivity index (χ1v) is 9.40. The second-order valence-corrected chi connectivity index (χ2v) is 8.53. The van der Waals surface area contributed by atoms with Gasteiger partial charge in [0.05, 0.1) is 21.3 Å². The van der Waals surface area contributed by atoms with Gasteiger partial charge in [-0.2, -0.15) is 0 Å². The lowest BCUT2D eigenvalue weighted by Gasteiger charge is -2.52. The van der Waals surface area contributed by atoms with Crippen molar-refractivity contribution in [3.05, 3.63) is 28.8 Å². The molecule has 1 aromatic heterocycles. The van der Waals surface area contributed by atoms with Crippen molar-refractivity contribution < 1.29 is 4.79 Å². The zero-order valence-corrected chi connectivity index (χ0v) is 14.2. The molecule has 5 heteroatoms. The summed E-state index contributed by atoms with van der Waals surface area (Å²) in [6, 6.07) is 6.24. The van der Waals surface area contributed by atoms with Crippen LogP contribution in [0.25, 0.3) is 10.2 Å². The van der Waals surface area contributed by atoms with Crippen LogP contribution in [-0.4, -0.2) is 40.5 Å². The summed E-state index contributed by atoms with van der Waals surface area (Å²) in [6.07, 6.45) is 4.96. The van der Waals surface area contributed by atoms with E-state index < -0.39 is 0 Å². The van der Waals surface area contributed by atoms with Crippen LogP contribution in [0.2, 0.25) is 0 Å². The minimum atomic E-state index is 0.0718. The standard InChI is InChI=1S/C18H21N3OS/c1-11-19-14-10-13(2-3-15(14)23-11)17(22)20-16-12-4-8-21(9-5-12)18(16)6-7-18/h2-3,10,12,16H,4-9H2,1H3,(H,20,22). The largest absolute Gasteiger partial charge is 0.347 e. The number of fused-ring (bicyclic) bond motifs is 3. The van der Waals surface area contributed by atoms with E-state index in [1.807, 2.05) is 25.1 Å². The maximum absolute atomic E-state index is 12.8. The highest BCUT2D eigenvalue weighted by Gasteiger charge is 2.60. The SMILES string of the molecule is Cc1nc2cc(C(=O)NC3C4CCN(CC4)C34CC4)ccc2s1. The van der Waals surface area contributed by atoms with Crippen LogP contribution >= 0.6 is 11.3 Å². The van der Waals surface area contributed by atoms with Crippen molar-refractivity contribution in [3.8, 4) is 0 Å². The number of rotatable bonds is 2. The predicted octanol–water partition coefficient (Wildman–Crippen LogP) is 2.96. The Hall–Kier alpha value is -1.46. The average molecular weight is 327 g/mol. The Morgan fingerprint density at radius 1 is 1.35 bits per heavy atom. The molecular formula is C18H21N3OS. The van der Waals surface area contributed by atoms with Gasteiger partial charge in [-0.15, -0.1) is 11.3 Å². The molecule has 3 saturated heterocycles. The number of amides is 1. The maximum atomic E-state index is 12.8. The fourth-order valence-corrected chi connectivity index (χ4v) is 5.54. The number of nitrogens with zero attached hydrogens (tertiary/aromatic N) is 2. The van der Waals surface area contributed by atoms with Crippen molar-refractivity contribution in [3.63, 3.8) is 0 Å². The highest BCUT2D eigenvalue weighted by atomic mass is 32.1. The van der Waals surface area contributed by atoms with E-state index in [0.717, 1.165) is 20.8 Å². The van der Waals surface area contributed by atoms with Crippen LogP contribution in [0, 0.1) is 12.8 Å². The third-order valence-corrected chi connectivity index (χ3v) is 6.98. The Morgan fingerprint density at radius 3 is 2.87 bits per heavy atom. The fraction of sp³-hybridized carbons (Fsp3) is 0.556. The number of aryl methyl sites for hydroxylation is 1. The molecule has 120 valence electrons. The van der Waals surface area contributed by atoms with E-state index in [9.17, 15) is 4.79 Å². The van der Waals surface area contributed by atoms with Crippen molar-refractivity contribution in [1.82, 2.24) is 15.2 Å². The number of benzene rings is 1. The number of piperidine rings is 3. The fourth-order valence-electron chi connectivity index (χ4n) is 4.73. The van der Waals surface area contributed by atoms with E-state index in [2.05, 4.69) is 15.2 Å². The first-order valence-electron chi connectivity index (χ1n) is 8.59. The van der Waals surface area contributed by atoms with Gasteiger partial charge in [0.2, 0.25) is 0 Å². The maximum Gasteiger partial charge on any atom is 0.251 e.